The maximum absolute atomic E-state index is 3.34. The van der Waals surface area contributed by atoms with Crippen molar-refractivity contribution in [2.45, 2.75) is 45.2 Å². The molecule has 0 radical (unpaired) electrons. The molecule has 1 aliphatic carbocycles. The Balaban J connectivity index is 1.97. The highest BCUT2D eigenvalue weighted by Gasteiger charge is 2.41. The lowest BCUT2D eigenvalue weighted by molar-refractivity contribution is 0.115. The van der Waals surface area contributed by atoms with Gasteiger partial charge < -0.3 is 5.32 Å². The van der Waals surface area contributed by atoms with Crippen LogP contribution in [0, 0.1) is 11.8 Å². The zero-order chi connectivity index (χ0) is 10.1. The summed E-state index contributed by atoms with van der Waals surface area (Å²) in [6.45, 7) is 7.23. The molecule has 14 heavy (non-hydrogen) atoms. The summed E-state index contributed by atoms with van der Waals surface area (Å²) in [6.07, 6.45) is 4.43. The van der Waals surface area contributed by atoms with E-state index in [4.69, 9.17) is 0 Å². The molecule has 0 spiro atoms. The molecule has 1 saturated heterocycles. The molecule has 2 rings (SSSR count). The number of rotatable bonds is 4. The van der Waals surface area contributed by atoms with Crippen LogP contribution in [-0.2, 0) is 0 Å². The molecule has 3 unspecified atom stereocenters. The fraction of sp³-hybridized carbons (Fsp3) is 1.00. The third kappa shape index (κ3) is 1.82. The second-order valence-corrected chi connectivity index (χ2v) is 5.40. The highest BCUT2D eigenvalue weighted by Crippen LogP contribution is 2.39. The van der Waals surface area contributed by atoms with Gasteiger partial charge in [-0.1, -0.05) is 13.8 Å². The van der Waals surface area contributed by atoms with Gasteiger partial charge in [0.25, 0.3) is 0 Å². The maximum atomic E-state index is 3.34. The Morgan fingerprint density at radius 2 is 2.14 bits per heavy atom. The van der Waals surface area contributed by atoms with Gasteiger partial charge in [-0.2, -0.15) is 0 Å². The first kappa shape index (κ1) is 10.4. The third-order valence-electron chi connectivity index (χ3n) is 4.06. The van der Waals surface area contributed by atoms with Gasteiger partial charge in [0.1, 0.15) is 0 Å². The quantitative estimate of drug-likeness (QED) is 0.736. The lowest BCUT2D eigenvalue weighted by Crippen LogP contribution is -2.48. The van der Waals surface area contributed by atoms with Gasteiger partial charge >= 0.3 is 0 Å². The fourth-order valence-corrected chi connectivity index (χ4v) is 3.31. The van der Waals surface area contributed by atoms with Crippen LogP contribution in [0.1, 0.15) is 33.1 Å². The smallest absolute Gasteiger partial charge is 0.0246 e. The molecular formula is C12H24N2. The van der Waals surface area contributed by atoms with E-state index in [9.17, 15) is 0 Å². The predicted molar refractivity (Wildman–Crippen MR) is 60.4 cm³/mol. The number of hydrogen-bond donors (Lipinski definition) is 1. The molecule has 3 atom stereocenters. The van der Waals surface area contributed by atoms with Crippen LogP contribution in [0.4, 0.5) is 0 Å². The van der Waals surface area contributed by atoms with E-state index in [2.05, 4.69) is 31.1 Å². The van der Waals surface area contributed by atoms with E-state index in [1.165, 1.54) is 25.8 Å². The number of nitrogens with zero attached hydrogens (tertiary/aromatic N) is 1. The standard InChI is InChI=1S/C12H24N2/c1-9(2)12(7-13-3)14-8-10-4-5-11(14)6-10/h9-13H,4-8H2,1-3H3. The van der Waals surface area contributed by atoms with Crippen LogP contribution in [0.25, 0.3) is 0 Å². The van der Waals surface area contributed by atoms with E-state index in [-0.39, 0.29) is 0 Å². The minimum Gasteiger partial charge on any atom is -0.318 e. The van der Waals surface area contributed by atoms with E-state index in [1.54, 1.807) is 0 Å². The van der Waals surface area contributed by atoms with E-state index < -0.39 is 0 Å². The summed E-state index contributed by atoms with van der Waals surface area (Å²) in [5, 5.41) is 3.34. The molecular weight excluding hydrogens is 172 g/mol. The molecule has 0 amide bonds. The van der Waals surface area contributed by atoms with Crippen LogP contribution in [0.15, 0.2) is 0 Å². The lowest BCUT2D eigenvalue weighted by atomic mass is 9.99. The molecule has 2 nitrogen and oxygen atoms in total. The highest BCUT2D eigenvalue weighted by atomic mass is 15.2. The SMILES string of the molecule is CNCC(C(C)C)N1CC2CCC1C2. The second-order valence-electron chi connectivity index (χ2n) is 5.40. The minimum absolute atomic E-state index is 0.760. The second kappa shape index (κ2) is 4.19. The zero-order valence-electron chi connectivity index (χ0n) is 9.79. The van der Waals surface area contributed by atoms with Crippen molar-refractivity contribution in [2.24, 2.45) is 11.8 Å². The molecule has 1 saturated carbocycles. The Hall–Kier alpha value is -0.0800. The van der Waals surface area contributed by atoms with Crippen LogP contribution in [-0.4, -0.2) is 37.1 Å². The molecule has 2 fully saturated rings. The minimum atomic E-state index is 0.760. The number of hydrogen-bond acceptors (Lipinski definition) is 2. The number of likely N-dealkylation sites (tertiary alicyclic amines) is 1. The molecule has 1 N–H and O–H groups in total. The number of likely N-dealkylation sites (N-methyl/N-ethyl adjacent to an activating group) is 1. The molecule has 0 aromatic heterocycles. The molecule has 1 heterocycles. The van der Waals surface area contributed by atoms with Crippen molar-refractivity contribution < 1.29 is 0 Å². The van der Waals surface area contributed by atoms with Gasteiger partial charge in [0.2, 0.25) is 0 Å². The largest absolute Gasteiger partial charge is 0.318 e. The fourth-order valence-electron chi connectivity index (χ4n) is 3.31. The molecule has 82 valence electrons. The summed E-state index contributed by atoms with van der Waals surface area (Å²) >= 11 is 0. The van der Waals surface area contributed by atoms with Crippen LogP contribution in [0.3, 0.4) is 0 Å². The van der Waals surface area contributed by atoms with E-state index in [1.807, 2.05) is 0 Å². The van der Waals surface area contributed by atoms with Crippen molar-refractivity contribution in [1.29, 1.82) is 0 Å². The first-order valence-electron chi connectivity index (χ1n) is 6.12. The van der Waals surface area contributed by atoms with Gasteiger partial charge in [-0.15, -0.1) is 0 Å². The first-order chi connectivity index (χ1) is 6.72. The summed E-state index contributed by atoms with van der Waals surface area (Å²) in [6, 6.07) is 1.68. The van der Waals surface area contributed by atoms with Crippen LogP contribution in [0.5, 0.6) is 0 Å². The van der Waals surface area contributed by atoms with E-state index >= 15 is 0 Å². The Bertz CT molecular complexity index is 191. The number of fused-ring (bicyclic) bond motifs is 2. The van der Waals surface area contributed by atoms with Crippen molar-refractivity contribution in [3.63, 3.8) is 0 Å². The topological polar surface area (TPSA) is 15.3 Å². The molecule has 2 bridgehead atoms. The normalized spacial score (nSPS) is 34.3. The van der Waals surface area contributed by atoms with Crippen molar-refractivity contribution in [2.75, 3.05) is 20.1 Å². The van der Waals surface area contributed by atoms with Gasteiger partial charge in [-0.25, -0.2) is 0 Å². The van der Waals surface area contributed by atoms with E-state index in [0.717, 1.165) is 30.5 Å². The van der Waals surface area contributed by atoms with Gasteiger partial charge in [0.05, 0.1) is 0 Å². The van der Waals surface area contributed by atoms with Crippen molar-refractivity contribution in [1.82, 2.24) is 10.2 Å². The number of piperidine rings is 1. The Labute approximate surface area is 88.1 Å². The van der Waals surface area contributed by atoms with Crippen LogP contribution < -0.4 is 5.32 Å². The Kier molecular flexibility index (Phi) is 3.13. The number of nitrogens with one attached hydrogen (secondary N) is 1. The van der Waals surface area contributed by atoms with Gasteiger partial charge in [0.15, 0.2) is 0 Å². The van der Waals surface area contributed by atoms with Crippen molar-refractivity contribution in [3.8, 4) is 0 Å². The summed E-state index contributed by atoms with van der Waals surface area (Å²) in [5.41, 5.74) is 0. The highest BCUT2D eigenvalue weighted by molar-refractivity contribution is 4.96. The maximum Gasteiger partial charge on any atom is 0.0246 e. The summed E-state index contributed by atoms with van der Waals surface area (Å²) in [7, 11) is 2.07. The van der Waals surface area contributed by atoms with Crippen molar-refractivity contribution >= 4 is 0 Å². The molecule has 2 heteroatoms. The van der Waals surface area contributed by atoms with Gasteiger partial charge in [0, 0.05) is 25.2 Å². The summed E-state index contributed by atoms with van der Waals surface area (Å²) < 4.78 is 0. The monoisotopic (exact) mass is 196 g/mol. The van der Waals surface area contributed by atoms with E-state index in [0.29, 0.717) is 0 Å². The average Bonchev–Trinajstić information content (AvgIpc) is 2.74. The Morgan fingerprint density at radius 3 is 2.57 bits per heavy atom. The summed E-state index contributed by atoms with van der Waals surface area (Å²) in [4.78, 5) is 2.77. The van der Waals surface area contributed by atoms with Crippen molar-refractivity contribution in [3.05, 3.63) is 0 Å². The van der Waals surface area contributed by atoms with Crippen LogP contribution in [0.2, 0.25) is 0 Å². The average molecular weight is 196 g/mol. The lowest BCUT2D eigenvalue weighted by Gasteiger charge is -2.37. The van der Waals surface area contributed by atoms with Gasteiger partial charge in [-0.05, 0) is 38.1 Å². The molecule has 1 aliphatic heterocycles. The third-order valence-corrected chi connectivity index (χ3v) is 4.06. The predicted octanol–water partition coefficient (Wildman–Crippen LogP) is 1.71. The van der Waals surface area contributed by atoms with Gasteiger partial charge in [-0.3, -0.25) is 4.90 Å². The first-order valence-corrected chi connectivity index (χ1v) is 6.12. The molecule has 0 aromatic carbocycles. The summed E-state index contributed by atoms with van der Waals surface area (Å²) in [5.74, 6) is 1.81. The Morgan fingerprint density at radius 1 is 1.36 bits per heavy atom. The van der Waals surface area contributed by atoms with Crippen LogP contribution >= 0.6 is 0 Å². The molecule has 2 aliphatic rings. The molecule has 0 aromatic rings. The zero-order valence-corrected chi connectivity index (χ0v) is 9.79.